The molecular weight excluding hydrogens is 271 g/mol. The number of hydrogen-bond donors (Lipinski definition) is 2. The first kappa shape index (κ1) is 11.9. The molecule has 15 heavy (non-hydrogen) atoms. The van der Waals surface area contributed by atoms with E-state index < -0.39 is 23.6 Å². The van der Waals surface area contributed by atoms with E-state index in [1.807, 2.05) is 0 Å². The molecular formula is C9H8BrFO4. The molecule has 0 spiro atoms. The minimum atomic E-state index is -1.71. The van der Waals surface area contributed by atoms with Crippen molar-refractivity contribution in [1.29, 1.82) is 0 Å². The molecule has 0 saturated carbocycles. The van der Waals surface area contributed by atoms with Gasteiger partial charge in [-0.2, -0.15) is 0 Å². The number of hydrogen-bond acceptors (Lipinski definition) is 4. The molecule has 0 aliphatic rings. The van der Waals surface area contributed by atoms with Gasteiger partial charge >= 0.3 is 5.97 Å². The average molecular weight is 279 g/mol. The minimum absolute atomic E-state index is 0.0560. The third kappa shape index (κ3) is 2.45. The number of ether oxygens (including phenoxy) is 1. The number of phenols is 1. The first-order valence-corrected chi connectivity index (χ1v) is 4.70. The summed E-state index contributed by atoms with van der Waals surface area (Å²) >= 11 is 2.88. The van der Waals surface area contributed by atoms with Gasteiger partial charge in [-0.3, -0.25) is 0 Å². The van der Waals surface area contributed by atoms with E-state index in [2.05, 4.69) is 20.7 Å². The monoisotopic (exact) mass is 278 g/mol. The molecule has 1 aromatic rings. The number of aromatic hydroxyl groups is 1. The van der Waals surface area contributed by atoms with Gasteiger partial charge in [-0.25, -0.2) is 9.18 Å². The van der Waals surface area contributed by atoms with Gasteiger partial charge in [0.05, 0.1) is 11.6 Å². The second kappa shape index (κ2) is 4.59. The SMILES string of the molecule is COC(=O)C(O)c1cc(F)cc(Br)c1O. The number of methoxy groups -OCH3 is 1. The maximum atomic E-state index is 12.9. The Morgan fingerprint density at radius 3 is 2.73 bits per heavy atom. The summed E-state index contributed by atoms with van der Waals surface area (Å²) in [7, 11) is 1.08. The van der Waals surface area contributed by atoms with E-state index in [1.165, 1.54) is 0 Å². The van der Waals surface area contributed by atoms with Crippen LogP contribution in [-0.4, -0.2) is 23.3 Å². The smallest absolute Gasteiger partial charge is 0.339 e. The topological polar surface area (TPSA) is 66.8 Å². The molecule has 1 aromatic carbocycles. The predicted octanol–water partition coefficient (Wildman–Crippen LogP) is 1.50. The number of phenolic OH excluding ortho intramolecular Hbond substituents is 1. The van der Waals surface area contributed by atoms with Gasteiger partial charge in [-0.15, -0.1) is 0 Å². The highest BCUT2D eigenvalue weighted by molar-refractivity contribution is 9.10. The third-order valence-corrected chi connectivity index (χ3v) is 2.38. The molecule has 0 amide bonds. The Labute approximate surface area is 93.4 Å². The van der Waals surface area contributed by atoms with Gasteiger partial charge in [0, 0.05) is 5.56 Å². The minimum Gasteiger partial charge on any atom is -0.506 e. The Morgan fingerprint density at radius 1 is 1.60 bits per heavy atom. The molecule has 4 nitrogen and oxygen atoms in total. The lowest BCUT2D eigenvalue weighted by Gasteiger charge is -2.11. The van der Waals surface area contributed by atoms with Gasteiger partial charge in [0.2, 0.25) is 0 Å². The van der Waals surface area contributed by atoms with Crippen LogP contribution in [0.2, 0.25) is 0 Å². The standard InChI is InChI=1S/C9H8BrFO4/c1-15-9(14)8(13)5-2-4(11)3-6(10)7(5)12/h2-3,8,12-13H,1H3. The molecule has 1 rings (SSSR count). The van der Waals surface area contributed by atoms with Crippen LogP contribution in [0.15, 0.2) is 16.6 Å². The molecule has 0 aromatic heterocycles. The highest BCUT2D eigenvalue weighted by atomic mass is 79.9. The van der Waals surface area contributed by atoms with E-state index in [9.17, 15) is 19.4 Å². The van der Waals surface area contributed by atoms with Crippen LogP contribution >= 0.6 is 15.9 Å². The van der Waals surface area contributed by atoms with Crippen molar-refractivity contribution in [3.05, 3.63) is 28.0 Å². The molecule has 82 valence electrons. The molecule has 0 bridgehead atoms. The second-order valence-corrected chi connectivity index (χ2v) is 3.61. The lowest BCUT2D eigenvalue weighted by Crippen LogP contribution is -2.13. The first-order valence-electron chi connectivity index (χ1n) is 3.91. The summed E-state index contributed by atoms with van der Waals surface area (Å²) in [6, 6.07) is 1.88. The van der Waals surface area contributed by atoms with Gasteiger partial charge in [0.25, 0.3) is 0 Å². The summed E-state index contributed by atoms with van der Waals surface area (Å²) < 4.78 is 17.3. The van der Waals surface area contributed by atoms with Gasteiger partial charge in [0.15, 0.2) is 6.10 Å². The average Bonchev–Trinajstić information content (AvgIpc) is 2.21. The van der Waals surface area contributed by atoms with Crippen LogP contribution < -0.4 is 0 Å². The Bertz CT molecular complexity index is 394. The van der Waals surface area contributed by atoms with E-state index in [-0.39, 0.29) is 10.0 Å². The van der Waals surface area contributed by atoms with Gasteiger partial charge in [-0.1, -0.05) is 0 Å². The number of halogens is 2. The van der Waals surface area contributed by atoms with Crippen molar-refractivity contribution in [1.82, 2.24) is 0 Å². The van der Waals surface area contributed by atoms with Crippen LogP contribution in [0.5, 0.6) is 5.75 Å². The normalized spacial score (nSPS) is 12.3. The fourth-order valence-corrected chi connectivity index (χ4v) is 1.48. The largest absolute Gasteiger partial charge is 0.506 e. The highest BCUT2D eigenvalue weighted by Gasteiger charge is 2.23. The van der Waals surface area contributed by atoms with Crippen LogP contribution in [0.1, 0.15) is 11.7 Å². The molecule has 0 fully saturated rings. The van der Waals surface area contributed by atoms with Crippen molar-refractivity contribution in [3.63, 3.8) is 0 Å². The highest BCUT2D eigenvalue weighted by Crippen LogP contribution is 2.33. The summed E-state index contributed by atoms with van der Waals surface area (Å²) in [5.74, 6) is -2.05. The fraction of sp³-hybridized carbons (Fsp3) is 0.222. The van der Waals surface area contributed by atoms with Crippen molar-refractivity contribution in [2.45, 2.75) is 6.10 Å². The van der Waals surface area contributed by atoms with Crippen LogP contribution in [0.4, 0.5) is 4.39 Å². The van der Waals surface area contributed by atoms with Crippen LogP contribution in [0.25, 0.3) is 0 Å². The number of aliphatic hydroxyl groups excluding tert-OH is 1. The van der Waals surface area contributed by atoms with E-state index >= 15 is 0 Å². The van der Waals surface area contributed by atoms with Gasteiger partial charge in [0.1, 0.15) is 11.6 Å². The van der Waals surface area contributed by atoms with Crippen molar-refractivity contribution < 1.29 is 24.1 Å². The molecule has 1 atom stereocenters. The third-order valence-electron chi connectivity index (χ3n) is 1.78. The zero-order chi connectivity index (χ0) is 11.6. The summed E-state index contributed by atoms with van der Waals surface area (Å²) in [4.78, 5) is 11.0. The summed E-state index contributed by atoms with van der Waals surface area (Å²) in [6.45, 7) is 0. The number of carbonyl (C=O) groups excluding carboxylic acids is 1. The summed E-state index contributed by atoms with van der Waals surface area (Å²) in [6.07, 6.45) is -1.71. The lowest BCUT2D eigenvalue weighted by atomic mass is 10.1. The van der Waals surface area contributed by atoms with Crippen LogP contribution in [0, 0.1) is 5.82 Å². The number of rotatable bonds is 2. The molecule has 6 heteroatoms. The zero-order valence-electron chi connectivity index (χ0n) is 7.70. The molecule has 0 aliphatic heterocycles. The Morgan fingerprint density at radius 2 is 2.20 bits per heavy atom. The van der Waals surface area contributed by atoms with E-state index in [4.69, 9.17) is 0 Å². The van der Waals surface area contributed by atoms with Crippen LogP contribution in [-0.2, 0) is 9.53 Å². The Kier molecular flexibility index (Phi) is 3.65. The molecule has 0 heterocycles. The quantitative estimate of drug-likeness (QED) is 0.805. The lowest BCUT2D eigenvalue weighted by molar-refractivity contribution is -0.150. The number of benzene rings is 1. The Hall–Kier alpha value is -1.14. The summed E-state index contributed by atoms with van der Waals surface area (Å²) in [5, 5.41) is 18.9. The molecule has 1 unspecified atom stereocenters. The molecule has 0 radical (unpaired) electrons. The van der Waals surface area contributed by atoms with E-state index in [1.54, 1.807) is 0 Å². The Balaban J connectivity index is 3.19. The number of aliphatic hydroxyl groups is 1. The van der Waals surface area contributed by atoms with Crippen molar-refractivity contribution in [2.24, 2.45) is 0 Å². The van der Waals surface area contributed by atoms with E-state index in [0.29, 0.717) is 0 Å². The van der Waals surface area contributed by atoms with E-state index in [0.717, 1.165) is 19.2 Å². The van der Waals surface area contributed by atoms with Gasteiger partial charge < -0.3 is 14.9 Å². The second-order valence-electron chi connectivity index (χ2n) is 2.75. The fourth-order valence-electron chi connectivity index (χ4n) is 1.03. The summed E-state index contributed by atoms with van der Waals surface area (Å²) in [5.41, 5.74) is -0.242. The molecule has 0 saturated heterocycles. The maximum absolute atomic E-state index is 12.9. The molecule has 0 aliphatic carbocycles. The predicted molar refractivity (Wildman–Crippen MR) is 52.7 cm³/mol. The first-order chi connectivity index (χ1) is 6.97. The zero-order valence-corrected chi connectivity index (χ0v) is 9.28. The molecule has 2 N–H and O–H groups in total. The number of carbonyl (C=O) groups is 1. The number of esters is 1. The van der Waals surface area contributed by atoms with Crippen molar-refractivity contribution in [2.75, 3.05) is 7.11 Å². The van der Waals surface area contributed by atoms with Gasteiger partial charge in [-0.05, 0) is 28.1 Å². The van der Waals surface area contributed by atoms with Crippen LogP contribution in [0.3, 0.4) is 0 Å². The van der Waals surface area contributed by atoms with Crippen molar-refractivity contribution >= 4 is 21.9 Å². The van der Waals surface area contributed by atoms with Crippen molar-refractivity contribution in [3.8, 4) is 5.75 Å². The maximum Gasteiger partial charge on any atom is 0.339 e.